The van der Waals surface area contributed by atoms with Crippen LogP contribution in [0.1, 0.15) is 13.3 Å². The van der Waals surface area contributed by atoms with Gasteiger partial charge in [0.05, 0.1) is 12.5 Å². The average Bonchev–Trinajstić information content (AvgIpc) is 2.38. The van der Waals surface area contributed by atoms with Gasteiger partial charge in [0, 0.05) is 6.54 Å². The zero-order valence-corrected chi connectivity index (χ0v) is 6.22. The van der Waals surface area contributed by atoms with E-state index < -0.39 is 0 Å². The first-order valence-corrected chi connectivity index (χ1v) is 3.72. The van der Waals surface area contributed by atoms with Crippen molar-refractivity contribution in [3.63, 3.8) is 0 Å². The molecule has 1 saturated heterocycles. The maximum absolute atomic E-state index is 11.0. The third kappa shape index (κ3) is 1.70. The van der Waals surface area contributed by atoms with Gasteiger partial charge < -0.3 is 10.1 Å². The fraction of sp³-hybridized carbons (Fsp3) is 0.857. The highest BCUT2D eigenvalue weighted by Crippen LogP contribution is 2.08. The van der Waals surface area contributed by atoms with E-state index in [4.69, 9.17) is 4.74 Å². The van der Waals surface area contributed by atoms with Crippen LogP contribution in [-0.2, 0) is 9.53 Å². The van der Waals surface area contributed by atoms with Crippen molar-refractivity contribution in [2.24, 2.45) is 5.92 Å². The molecule has 1 atom stereocenters. The SMILES string of the molecule is CCOC(=O)[C@H]1CCNC1. The first-order chi connectivity index (χ1) is 4.84. The van der Waals surface area contributed by atoms with Crippen LogP contribution in [0.5, 0.6) is 0 Å². The predicted octanol–water partition coefficient (Wildman–Crippen LogP) is 0.159. The molecular formula is C7H13NO2. The van der Waals surface area contributed by atoms with Gasteiger partial charge in [-0.2, -0.15) is 0 Å². The minimum absolute atomic E-state index is 0.0486. The van der Waals surface area contributed by atoms with E-state index in [-0.39, 0.29) is 11.9 Å². The molecule has 0 aromatic heterocycles. The van der Waals surface area contributed by atoms with Gasteiger partial charge in [-0.3, -0.25) is 4.79 Å². The van der Waals surface area contributed by atoms with Gasteiger partial charge in [-0.05, 0) is 19.9 Å². The summed E-state index contributed by atoms with van der Waals surface area (Å²) in [6.07, 6.45) is 0.929. The Hall–Kier alpha value is -0.570. The molecule has 1 fully saturated rings. The van der Waals surface area contributed by atoms with Crippen LogP contribution < -0.4 is 5.32 Å². The number of carbonyl (C=O) groups excluding carboxylic acids is 1. The summed E-state index contributed by atoms with van der Waals surface area (Å²) in [5, 5.41) is 3.11. The minimum Gasteiger partial charge on any atom is -0.466 e. The van der Waals surface area contributed by atoms with Crippen LogP contribution in [0.15, 0.2) is 0 Å². The van der Waals surface area contributed by atoms with E-state index >= 15 is 0 Å². The Morgan fingerprint density at radius 1 is 1.80 bits per heavy atom. The van der Waals surface area contributed by atoms with E-state index in [9.17, 15) is 4.79 Å². The molecule has 0 aromatic rings. The fourth-order valence-corrected chi connectivity index (χ4v) is 1.12. The third-order valence-electron chi connectivity index (χ3n) is 1.68. The summed E-state index contributed by atoms with van der Waals surface area (Å²) in [6, 6.07) is 0. The van der Waals surface area contributed by atoms with E-state index in [0.717, 1.165) is 19.5 Å². The second-order valence-electron chi connectivity index (χ2n) is 2.44. The maximum atomic E-state index is 11.0. The smallest absolute Gasteiger partial charge is 0.310 e. The van der Waals surface area contributed by atoms with Gasteiger partial charge in [0.25, 0.3) is 0 Å². The average molecular weight is 143 g/mol. The van der Waals surface area contributed by atoms with Gasteiger partial charge in [-0.15, -0.1) is 0 Å². The monoisotopic (exact) mass is 143 g/mol. The van der Waals surface area contributed by atoms with Crippen LogP contribution in [0.3, 0.4) is 0 Å². The van der Waals surface area contributed by atoms with E-state index in [1.54, 1.807) is 0 Å². The van der Waals surface area contributed by atoms with Gasteiger partial charge in [-0.25, -0.2) is 0 Å². The number of ether oxygens (including phenoxy) is 1. The Labute approximate surface area is 60.7 Å². The van der Waals surface area contributed by atoms with Crippen molar-refractivity contribution in [2.75, 3.05) is 19.7 Å². The van der Waals surface area contributed by atoms with E-state index in [1.807, 2.05) is 6.92 Å². The molecule has 0 saturated carbocycles. The standard InChI is InChI=1S/C7H13NO2/c1-2-10-7(9)6-3-4-8-5-6/h6,8H,2-5H2,1H3/t6-/m0/s1. The summed E-state index contributed by atoms with van der Waals surface area (Å²) in [4.78, 5) is 11.0. The summed E-state index contributed by atoms with van der Waals surface area (Å²) in [5.74, 6) is 0.0625. The molecule has 0 aromatic carbocycles. The molecule has 3 heteroatoms. The first-order valence-electron chi connectivity index (χ1n) is 3.72. The lowest BCUT2D eigenvalue weighted by molar-refractivity contribution is -0.147. The zero-order valence-electron chi connectivity index (χ0n) is 6.22. The molecule has 10 heavy (non-hydrogen) atoms. The summed E-state index contributed by atoms with van der Waals surface area (Å²) >= 11 is 0. The highest BCUT2D eigenvalue weighted by atomic mass is 16.5. The summed E-state index contributed by atoms with van der Waals surface area (Å²) in [7, 11) is 0. The van der Waals surface area contributed by atoms with E-state index in [0.29, 0.717) is 6.61 Å². The molecular weight excluding hydrogens is 130 g/mol. The summed E-state index contributed by atoms with van der Waals surface area (Å²) in [5.41, 5.74) is 0. The number of esters is 1. The molecule has 0 bridgehead atoms. The highest BCUT2D eigenvalue weighted by Gasteiger charge is 2.22. The molecule has 1 N–H and O–H groups in total. The van der Waals surface area contributed by atoms with Crippen LogP contribution in [0.4, 0.5) is 0 Å². The van der Waals surface area contributed by atoms with Crippen LogP contribution >= 0.6 is 0 Å². The molecule has 1 aliphatic heterocycles. The van der Waals surface area contributed by atoms with Crippen molar-refractivity contribution in [3.8, 4) is 0 Å². The van der Waals surface area contributed by atoms with Gasteiger partial charge >= 0.3 is 5.97 Å². The lowest BCUT2D eigenvalue weighted by atomic mass is 10.1. The summed E-state index contributed by atoms with van der Waals surface area (Å²) < 4.78 is 4.85. The number of nitrogens with one attached hydrogen (secondary N) is 1. The normalized spacial score (nSPS) is 24.7. The lowest BCUT2D eigenvalue weighted by Crippen LogP contribution is -2.19. The predicted molar refractivity (Wildman–Crippen MR) is 37.6 cm³/mol. The molecule has 58 valence electrons. The second-order valence-corrected chi connectivity index (χ2v) is 2.44. The van der Waals surface area contributed by atoms with Crippen LogP contribution in [0.2, 0.25) is 0 Å². The Morgan fingerprint density at radius 2 is 2.60 bits per heavy atom. The Balaban J connectivity index is 2.25. The number of hydrogen-bond donors (Lipinski definition) is 1. The van der Waals surface area contributed by atoms with Gasteiger partial charge in [-0.1, -0.05) is 0 Å². The molecule has 0 radical (unpaired) electrons. The van der Waals surface area contributed by atoms with Crippen molar-refractivity contribution >= 4 is 5.97 Å². The molecule has 0 aliphatic carbocycles. The molecule has 0 unspecified atom stereocenters. The van der Waals surface area contributed by atoms with Crippen molar-refractivity contribution in [3.05, 3.63) is 0 Å². The first kappa shape index (κ1) is 7.54. The van der Waals surface area contributed by atoms with Gasteiger partial charge in [0.2, 0.25) is 0 Å². The Morgan fingerprint density at radius 3 is 3.10 bits per heavy atom. The number of hydrogen-bond acceptors (Lipinski definition) is 3. The van der Waals surface area contributed by atoms with Gasteiger partial charge in [0.1, 0.15) is 0 Å². The summed E-state index contributed by atoms with van der Waals surface area (Å²) in [6.45, 7) is 4.07. The fourth-order valence-electron chi connectivity index (χ4n) is 1.12. The zero-order chi connectivity index (χ0) is 7.40. The Kier molecular flexibility index (Phi) is 2.68. The molecule has 1 aliphatic rings. The van der Waals surface area contributed by atoms with Crippen LogP contribution in [0, 0.1) is 5.92 Å². The van der Waals surface area contributed by atoms with Crippen LogP contribution in [0.25, 0.3) is 0 Å². The molecule has 1 rings (SSSR count). The molecule has 0 spiro atoms. The highest BCUT2D eigenvalue weighted by molar-refractivity contribution is 5.73. The largest absolute Gasteiger partial charge is 0.466 e. The van der Waals surface area contributed by atoms with Crippen molar-refractivity contribution in [2.45, 2.75) is 13.3 Å². The van der Waals surface area contributed by atoms with Crippen molar-refractivity contribution in [1.29, 1.82) is 0 Å². The second kappa shape index (κ2) is 3.56. The number of rotatable bonds is 2. The van der Waals surface area contributed by atoms with E-state index in [2.05, 4.69) is 5.32 Å². The third-order valence-corrected chi connectivity index (χ3v) is 1.68. The Bertz CT molecular complexity index is 119. The van der Waals surface area contributed by atoms with Gasteiger partial charge in [0.15, 0.2) is 0 Å². The molecule has 0 amide bonds. The number of carbonyl (C=O) groups is 1. The van der Waals surface area contributed by atoms with E-state index in [1.165, 1.54) is 0 Å². The van der Waals surface area contributed by atoms with Crippen molar-refractivity contribution < 1.29 is 9.53 Å². The molecule has 1 heterocycles. The molecule has 3 nitrogen and oxygen atoms in total. The lowest BCUT2D eigenvalue weighted by Gasteiger charge is -2.05. The maximum Gasteiger partial charge on any atom is 0.310 e. The quantitative estimate of drug-likeness (QED) is 0.559. The topological polar surface area (TPSA) is 38.3 Å². The van der Waals surface area contributed by atoms with Crippen molar-refractivity contribution in [1.82, 2.24) is 5.32 Å². The minimum atomic E-state index is -0.0486. The van der Waals surface area contributed by atoms with Crippen LogP contribution in [-0.4, -0.2) is 25.7 Å².